The van der Waals surface area contributed by atoms with Crippen LogP contribution in [-0.4, -0.2) is 38.7 Å². The predicted octanol–water partition coefficient (Wildman–Crippen LogP) is 1.72. The molecule has 3 aromatic heterocycles. The molecule has 0 amide bonds. The zero-order valence-corrected chi connectivity index (χ0v) is 13.8. The van der Waals surface area contributed by atoms with E-state index in [4.69, 9.17) is 15.7 Å². The Balaban J connectivity index is 1.50. The standard InChI is InChI=1S/C19H19N5O/c20-8-14-6-17-12(9-21-14)4-5-16(22-17)15-2-1-3-18(23-15)24-10-13-7-19(13,25)11-24/h1-6,9,13,25H,7-8,10-11,20H2. The fraction of sp³-hybridized carbons (Fsp3) is 0.316. The summed E-state index contributed by atoms with van der Waals surface area (Å²) in [7, 11) is 0. The maximum atomic E-state index is 10.3. The largest absolute Gasteiger partial charge is 0.388 e. The van der Waals surface area contributed by atoms with E-state index < -0.39 is 5.60 Å². The molecular weight excluding hydrogens is 314 g/mol. The molecule has 0 bridgehead atoms. The number of aliphatic hydroxyl groups is 1. The average Bonchev–Trinajstić information content (AvgIpc) is 3.17. The Kier molecular flexibility index (Phi) is 3.07. The smallest absolute Gasteiger partial charge is 0.129 e. The molecule has 3 N–H and O–H groups in total. The molecule has 2 atom stereocenters. The lowest BCUT2D eigenvalue weighted by Crippen LogP contribution is -2.27. The molecule has 6 nitrogen and oxygen atoms in total. The number of nitrogens with zero attached hydrogens (tertiary/aromatic N) is 4. The van der Waals surface area contributed by atoms with Crippen molar-refractivity contribution in [3.63, 3.8) is 0 Å². The van der Waals surface area contributed by atoms with Gasteiger partial charge in [0, 0.05) is 37.1 Å². The van der Waals surface area contributed by atoms with E-state index >= 15 is 0 Å². The quantitative estimate of drug-likeness (QED) is 0.759. The highest BCUT2D eigenvalue weighted by Crippen LogP contribution is 2.50. The molecule has 3 aromatic rings. The van der Waals surface area contributed by atoms with Crippen LogP contribution < -0.4 is 10.6 Å². The van der Waals surface area contributed by atoms with Gasteiger partial charge in [0.15, 0.2) is 0 Å². The van der Waals surface area contributed by atoms with E-state index in [1.54, 1.807) is 6.20 Å². The molecule has 2 unspecified atom stereocenters. The molecule has 2 aliphatic rings. The number of hydrogen-bond acceptors (Lipinski definition) is 6. The molecule has 1 aliphatic heterocycles. The molecule has 6 heteroatoms. The third-order valence-corrected chi connectivity index (χ3v) is 5.27. The van der Waals surface area contributed by atoms with Gasteiger partial charge in [-0.15, -0.1) is 0 Å². The number of hydrogen-bond donors (Lipinski definition) is 2. The second-order valence-electron chi connectivity index (χ2n) is 7.04. The summed E-state index contributed by atoms with van der Waals surface area (Å²) in [5.74, 6) is 1.30. The fourth-order valence-corrected chi connectivity index (χ4v) is 3.69. The van der Waals surface area contributed by atoms with Gasteiger partial charge in [-0.2, -0.15) is 0 Å². The lowest BCUT2D eigenvalue weighted by molar-refractivity contribution is 0.158. The summed E-state index contributed by atoms with van der Waals surface area (Å²) in [6, 6.07) is 11.9. The highest BCUT2D eigenvalue weighted by atomic mass is 16.3. The predicted molar refractivity (Wildman–Crippen MR) is 95.9 cm³/mol. The number of pyridine rings is 3. The lowest BCUT2D eigenvalue weighted by Gasteiger charge is -2.20. The van der Waals surface area contributed by atoms with Crippen molar-refractivity contribution in [1.29, 1.82) is 0 Å². The van der Waals surface area contributed by atoms with E-state index in [1.165, 1.54) is 0 Å². The van der Waals surface area contributed by atoms with Crippen molar-refractivity contribution in [2.24, 2.45) is 11.7 Å². The fourth-order valence-electron chi connectivity index (χ4n) is 3.69. The van der Waals surface area contributed by atoms with Crippen molar-refractivity contribution in [2.75, 3.05) is 18.0 Å². The zero-order valence-electron chi connectivity index (χ0n) is 13.8. The van der Waals surface area contributed by atoms with E-state index in [0.717, 1.165) is 46.8 Å². The van der Waals surface area contributed by atoms with Crippen LogP contribution in [0.25, 0.3) is 22.3 Å². The molecule has 1 aliphatic carbocycles. The van der Waals surface area contributed by atoms with Gasteiger partial charge in [0.05, 0.1) is 28.2 Å². The van der Waals surface area contributed by atoms with Crippen molar-refractivity contribution in [1.82, 2.24) is 15.0 Å². The van der Waals surface area contributed by atoms with Gasteiger partial charge in [0.1, 0.15) is 5.82 Å². The van der Waals surface area contributed by atoms with Crippen molar-refractivity contribution in [3.05, 3.63) is 48.3 Å². The third-order valence-electron chi connectivity index (χ3n) is 5.27. The average molecular weight is 333 g/mol. The Morgan fingerprint density at radius 1 is 1.20 bits per heavy atom. The van der Waals surface area contributed by atoms with E-state index in [2.05, 4.69) is 9.88 Å². The molecular formula is C19H19N5O. The molecule has 2 fully saturated rings. The van der Waals surface area contributed by atoms with Crippen molar-refractivity contribution in [2.45, 2.75) is 18.6 Å². The second-order valence-corrected chi connectivity index (χ2v) is 7.04. The first-order chi connectivity index (χ1) is 12.1. The van der Waals surface area contributed by atoms with E-state index in [9.17, 15) is 5.11 Å². The third kappa shape index (κ3) is 2.45. The Labute approximate surface area is 145 Å². The van der Waals surface area contributed by atoms with Crippen molar-refractivity contribution >= 4 is 16.7 Å². The van der Waals surface area contributed by atoms with Gasteiger partial charge in [0.25, 0.3) is 0 Å². The Morgan fingerprint density at radius 3 is 2.88 bits per heavy atom. The van der Waals surface area contributed by atoms with Crippen LogP contribution in [0.4, 0.5) is 5.82 Å². The van der Waals surface area contributed by atoms with E-state index in [0.29, 0.717) is 19.0 Å². The summed E-state index contributed by atoms with van der Waals surface area (Å²) < 4.78 is 0. The number of fused-ring (bicyclic) bond motifs is 2. The first-order valence-electron chi connectivity index (χ1n) is 8.55. The van der Waals surface area contributed by atoms with Gasteiger partial charge in [-0.25, -0.2) is 9.97 Å². The van der Waals surface area contributed by atoms with Gasteiger partial charge < -0.3 is 15.7 Å². The summed E-state index contributed by atoms with van der Waals surface area (Å²) in [4.78, 5) is 16.0. The normalized spacial score (nSPS) is 24.6. The molecule has 1 saturated heterocycles. The van der Waals surface area contributed by atoms with Gasteiger partial charge in [-0.1, -0.05) is 6.07 Å². The van der Waals surface area contributed by atoms with Crippen LogP contribution in [0.5, 0.6) is 0 Å². The van der Waals surface area contributed by atoms with Crippen molar-refractivity contribution in [3.8, 4) is 11.4 Å². The zero-order chi connectivity index (χ0) is 17.0. The molecule has 25 heavy (non-hydrogen) atoms. The second kappa shape index (κ2) is 5.21. The summed E-state index contributed by atoms with van der Waals surface area (Å²) in [6.07, 6.45) is 2.72. The molecule has 1 saturated carbocycles. The lowest BCUT2D eigenvalue weighted by atomic mass is 10.2. The number of aromatic nitrogens is 3. The van der Waals surface area contributed by atoms with Crippen LogP contribution in [0.1, 0.15) is 12.1 Å². The minimum Gasteiger partial charge on any atom is -0.388 e. The highest BCUT2D eigenvalue weighted by Gasteiger charge is 2.59. The van der Waals surface area contributed by atoms with Gasteiger partial charge in [-0.3, -0.25) is 4.98 Å². The van der Waals surface area contributed by atoms with Crippen LogP contribution in [0, 0.1) is 5.92 Å². The molecule has 0 radical (unpaired) electrons. The highest BCUT2D eigenvalue weighted by molar-refractivity contribution is 5.80. The summed E-state index contributed by atoms with van der Waals surface area (Å²) >= 11 is 0. The molecule has 4 heterocycles. The maximum Gasteiger partial charge on any atom is 0.129 e. The van der Waals surface area contributed by atoms with Gasteiger partial charge >= 0.3 is 0 Å². The molecule has 126 valence electrons. The first kappa shape index (κ1) is 14.7. The molecule has 0 spiro atoms. The van der Waals surface area contributed by atoms with Crippen molar-refractivity contribution < 1.29 is 5.11 Å². The van der Waals surface area contributed by atoms with E-state index in [1.807, 2.05) is 36.4 Å². The summed E-state index contributed by atoms with van der Waals surface area (Å²) in [5.41, 5.74) is 8.55. The Bertz CT molecular complexity index is 975. The van der Waals surface area contributed by atoms with Gasteiger partial charge in [-0.05, 0) is 36.8 Å². The number of nitrogens with two attached hydrogens (primary N) is 1. The Morgan fingerprint density at radius 2 is 2.08 bits per heavy atom. The monoisotopic (exact) mass is 333 g/mol. The minimum absolute atomic E-state index is 0.397. The van der Waals surface area contributed by atoms with Crippen LogP contribution in [0.2, 0.25) is 0 Å². The molecule has 0 aromatic carbocycles. The summed E-state index contributed by atoms with van der Waals surface area (Å²) in [6.45, 7) is 1.95. The SMILES string of the molecule is NCc1cc2nc(-c3cccc(N4CC5CC5(O)C4)n3)ccc2cn1. The topological polar surface area (TPSA) is 88.2 Å². The Hall–Kier alpha value is -2.57. The number of rotatable bonds is 3. The van der Waals surface area contributed by atoms with Crippen LogP contribution in [0.15, 0.2) is 42.6 Å². The number of anilines is 1. The van der Waals surface area contributed by atoms with Crippen LogP contribution >= 0.6 is 0 Å². The van der Waals surface area contributed by atoms with Crippen LogP contribution in [0.3, 0.4) is 0 Å². The van der Waals surface area contributed by atoms with E-state index in [-0.39, 0.29) is 0 Å². The minimum atomic E-state index is -0.482. The van der Waals surface area contributed by atoms with Crippen LogP contribution in [-0.2, 0) is 6.54 Å². The summed E-state index contributed by atoms with van der Waals surface area (Å²) in [5, 5.41) is 11.2. The number of piperidine rings is 1. The van der Waals surface area contributed by atoms with Gasteiger partial charge in [0.2, 0.25) is 0 Å². The maximum absolute atomic E-state index is 10.3. The number of β-amino-alcohol motifs (C(OH)–C–C–N with tert-alkyl or cyclic N) is 1. The molecule has 5 rings (SSSR count). The first-order valence-corrected chi connectivity index (χ1v) is 8.55.